The van der Waals surface area contributed by atoms with E-state index in [1.54, 1.807) is 30.3 Å². The van der Waals surface area contributed by atoms with Crippen molar-refractivity contribution in [2.24, 2.45) is 5.92 Å². The third kappa shape index (κ3) is 9.70. The molecular weight excluding hydrogens is 378 g/mol. The van der Waals surface area contributed by atoms with Gasteiger partial charge < -0.3 is 15.7 Å². The summed E-state index contributed by atoms with van der Waals surface area (Å²) < 4.78 is 0. The SMILES string of the molecule is CC(C)CCCC(=O)N(O)C(=O)N[C@@H](Cc1ccccc1)C(=O)NCCC(=O)O. The molecule has 0 aliphatic carbocycles. The summed E-state index contributed by atoms with van der Waals surface area (Å²) in [5, 5.41) is 23.3. The molecule has 0 heterocycles. The number of hydrogen-bond acceptors (Lipinski definition) is 5. The minimum Gasteiger partial charge on any atom is -0.481 e. The second kappa shape index (κ2) is 12.5. The molecule has 1 atom stereocenters. The maximum Gasteiger partial charge on any atom is 0.349 e. The van der Waals surface area contributed by atoms with Gasteiger partial charge in [0.05, 0.1) is 6.42 Å². The molecule has 0 fully saturated rings. The van der Waals surface area contributed by atoms with Crippen LogP contribution in [0.2, 0.25) is 0 Å². The number of hydrogen-bond donors (Lipinski definition) is 4. The Bertz CT molecular complexity index is 693. The van der Waals surface area contributed by atoms with Crippen LogP contribution < -0.4 is 10.6 Å². The second-order valence-electron chi connectivity index (χ2n) is 7.12. The number of rotatable bonds is 11. The number of amides is 4. The van der Waals surface area contributed by atoms with Crippen LogP contribution in [0, 0.1) is 5.92 Å². The molecule has 160 valence electrons. The van der Waals surface area contributed by atoms with Gasteiger partial charge in [0.15, 0.2) is 0 Å². The predicted octanol–water partition coefficient (Wildman–Crippen LogP) is 1.94. The summed E-state index contributed by atoms with van der Waals surface area (Å²) in [6.07, 6.45) is 1.17. The monoisotopic (exact) mass is 407 g/mol. The minimum absolute atomic E-state index is 0.0102. The predicted molar refractivity (Wildman–Crippen MR) is 105 cm³/mol. The number of aliphatic carboxylic acids is 1. The lowest BCUT2D eigenvalue weighted by Gasteiger charge is -2.21. The van der Waals surface area contributed by atoms with Crippen molar-refractivity contribution in [2.75, 3.05) is 6.54 Å². The summed E-state index contributed by atoms with van der Waals surface area (Å²) >= 11 is 0. The van der Waals surface area contributed by atoms with Crippen molar-refractivity contribution in [2.45, 2.75) is 52.0 Å². The molecule has 1 rings (SSSR count). The van der Waals surface area contributed by atoms with Crippen molar-refractivity contribution in [3.8, 4) is 0 Å². The summed E-state index contributed by atoms with van der Waals surface area (Å²) in [6, 6.07) is 6.68. The van der Waals surface area contributed by atoms with Gasteiger partial charge in [-0.15, -0.1) is 5.06 Å². The smallest absolute Gasteiger partial charge is 0.349 e. The van der Waals surface area contributed by atoms with E-state index in [2.05, 4.69) is 10.6 Å². The van der Waals surface area contributed by atoms with E-state index in [-0.39, 0.29) is 30.9 Å². The largest absolute Gasteiger partial charge is 0.481 e. The topological polar surface area (TPSA) is 136 Å². The zero-order valence-electron chi connectivity index (χ0n) is 16.8. The van der Waals surface area contributed by atoms with Gasteiger partial charge in [0.25, 0.3) is 5.91 Å². The molecule has 4 amide bonds. The van der Waals surface area contributed by atoms with Gasteiger partial charge in [0, 0.05) is 19.4 Å². The molecule has 0 aliphatic rings. The number of carbonyl (C=O) groups is 4. The highest BCUT2D eigenvalue weighted by Gasteiger charge is 2.26. The van der Waals surface area contributed by atoms with E-state index in [1.165, 1.54) is 0 Å². The first-order chi connectivity index (χ1) is 13.7. The fourth-order valence-corrected chi connectivity index (χ4v) is 2.57. The Balaban J connectivity index is 2.73. The minimum atomic E-state index is -1.10. The number of carboxylic acid groups (broad SMARTS) is 1. The number of nitrogens with one attached hydrogen (secondary N) is 2. The normalized spacial score (nSPS) is 11.6. The van der Waals surface area contributed by atoms with E-state index in [4.69, 9.17) is 5.11 Å². The summed E-state index contributed by atoms with van der Waals surface area (Å²) in [7, 11) is 0. The van der Waals surface area contributed by atoms with Gasteiger partial charge in [-0.25, -0.2) is 4.79 Å². The molecule has 0 aliphatic heterocycles. The Labute approximate surface area is 170 Å². The highest BCUT2D eigenvalue weighted by molar-refractivity contribution is 5.95. The third-order valence-electron chi connectivity index (χ3n) is 4.14. The van der Waals surface area contributed by atoms with E-state index in [1.807, 2.05) is 13.8 Å². The number of urea groups is 1. The van der Waals surface area contributed by atoms with Crippen molar-refractivity contribution in [3.05, 3.63) is 35.9 Å². The van der Waals surface area contributed by atoms with E-state index >= 15 is 0 Å². The van der Waals surface area contributed by atoms with Crippen LogP contribution in [0.3, 0.4) is 0 Å². The van der Waals surface area contributed by atoms with Gasteiger partial charge in [-0.3, -0.25) is 19.6 Å². The molecule has 0 spiro atoms. The summed E-state index contributed by atoms with van der Waals surface area (Å²) in [4.78, 5) is 47.2. The zero-order valence-corrected chi connectivity index (χ0v) is 16.8. The van der Waals surface area contributed by atoms with Crippen molar-refractivity contribution in [3.63, 3.8) is 0 Å². The molecule has 0 unspecified atom stereocenters. The molecule has 0 saturated carbocycles. The fourth-order valence-electron chi connectivity index (χ4n) is 2.57. The van der Waals surface area contributed by atoms with Gasteiger partial charge in [-0.2, -0.15) is 0 Å². The Kier molecular flexibility index (Phi) is 10.4. The summed E-state index contributed by atoms with van der Waals surface area (Å²) in [5.74, 6) is -2.03. The van der Waals surface area contributed by atoms with E-state index < -0.39 is 29.9 Å². The standard InChI is InChI=1S/C20H29N3O6/c1-14(2)7-6-10-17(24)23(29)20(28)22-16(13-15-8-4-3-5-9-15)19(27)21-12-11-18(25)26/h3-5,8-9,14,16,29H,6-7,10-13H2,1-2H3,(H,21,27)(H,22,28)(H,25,26)/t16-/m0/s1. The molecule has 0 radical (unpaired) electrons. The first kappa shape index (κ1) is 24.1. The molecule has 4 N–H and O–H groups in total. The molecular formula is C20H29N3O6. The second-order valence-corrected chi connectivity index (χ2v) is 7.12. The number of carbonyl (C=O) groups excluding carboxylic acids is 3. The van der Waals surface area contributed by atoms with Crippen molar-refractivity contribution >= 4 is 23.8 Å². The number of carboxylic acids is 1. The van der Waals surface area contributed by atoms with Gasteiger partial charge in [-0.1, -0.05) is 50.6 Å². The molecule has 0 aromatic heterocycles. The van der Waals surface area contributed by atoms with Gasteiger partial charge in [0.2, 0.25) is 5.91 Å². The third-order valence-corrected chi connectivity index (χ3v) is 4.14. The summed E-state index contributed by atoms with van der Waals surface area (Å²) in [5.41, 5.74) is 0.749. The molecule has 0 bridgehead atoms. The van der Waals surface area contributed by atoms with Gasteiger partial charge in [-0.05, 0) is 17.9 Å². The van der Waals surface area contributed by atoms with Crippen LogP contribution in [0.5, 0.6) is 0 Å². The number of nitrogens with zero attached hydrogens (tertiary/aromatic N) is 1. The van der Waals surface area contributed by atoms with Crippen LogP contribution in [0.4, 0.5) is 4.79 Å². The number of benzene rings is 1. The van der Waals surface area contributed by atoms with Crippen LogP contribution in [0.15, 0.2) is 30.3 Å². The lowest BCUT2D eigenvalue weighted by Crippen LogP contribution is -2.52. The maximum atomic E-state index is 12.4. The highest BCUT2D eigenvalue weighted by Crippen LogP contribution is 2.08. The molecule has 0 saturated heterocycles. The first-order valence-corrected chi connectivity index (χ1v) is 9.56. The van der Waals surface area contributed by atoms with Crippen LogP contribution in [0.1, 0.15) is 45.1 Å². The van der Waals surface area contributed by atoms with E-state index in [0.29, 0.717) is 12.3 Å². The van der Waals surface area contributed by atoms with E-state index in [0.717, 1.165) is 12.0 Å². The molecule has 29 heavy (non-hydrogen) atoms. The van der Waals surface area contributed by atoms with E-state index in [9.17, 15) is 24.4 Å². The Hall–Kier alpha value is -2.94. The number of hydroxylamine groups is 2. The Morgan fingerprint density at radius 1 is 1.07 bits per heavy atom. The van der Waals surface area contributed by atoms with Gasteiger partial charge in [0.1, 0.15) is 6.04 Å². The lowest BCUT2D eigenvalue weighted by atomic mass is 10.1. The first-order valence-electron chi connectivity index (χ1n) is 9.56. The average Bonchev–Trinajstić information content (AvgIpc) is 2.66. The zero-order chi connectivity index (χ0) is 21.8. The highest BCUT2D eigenvalue weighted by atomic mass is 16.5. The van der Waals surface area contributed by atoms with Crippen LogP contribution >= 0.6 is 0 Å². The van der Waals surface area contributed by atoms with Crippen LogP contribution in [-0.2, 0) is 20.8 Å². The molecule has 9 heteroatoms. The molecule has 1 aromatic rings. The molecule has 9 nitrogen and oxygen atoms in total. The Morgan fingerprint density at radius 2 is 1.72 bits per heavy atom. The average molecular weight is 407 g/mol. The maximum absolute atomic E-state index is 12.4. The van der Waals surface area contributed by atoms with Crippen LogP contribution in [0.25, 0.3) is 0 Å². The van der Waals surface area contributed by atoms with Gasteiger partial charge >= 0.3 is 12.0 Å². The fraction of sp³-hybridized carbons (Fsp3) is 0.500. The van der Waals surface area contributed by atoms with Crippen molar-refractivity contribution in [1.82, 2.24) is 15.7 Å². The quantitative estimate of drug-likeness (QED) is 0.327. The number of imide groups is 1. The summed E-state index contributed by atoms with van der Waals surface area (Å²) in [6.45, 7) is 3.91. The van der Waals surface area contributed by atoms with Crippen molar-refractivity contribution < 1.29 is 29.5 Å². The Morgan fingerprint density at radius 3 is 2.31 bits per heavy atom. The van der Waals surface area contributed by atoms with Crippen LogP contribution in [-0.4, -0.2) is 51.8 Å². The molecule has 1 aromatic carbocycles. The van der Waals surface area contributed by atoms with Crippen molar-refractivity contribution in [1.29, 1.82) is 0 Å². The lowest BCUT2D eigenvalue weighted by molar-refractivity contribution is -0.153.